The number of thiophene rings is 1. The molecule has 1 aliphatic rings. The summed E-state index contributed by atoms with van der Waals surface area (Å²) >= 11 is 1.69. The van der Waals surface area contributed by atoms with Crippen LogP contribution in [-0.2, 0) is 12.8 Å². The number of nitrogen functional groups attached to an aromatic ring is 1. The molecule has 2 aromatic carbocycles. The van der Waals surface area contributed by atoms with Gasteiger partial charge in [-0.2, -0.15) is 0 Å². The summed E-state index contributed by atoms with van der Waals surface area (Å²) in [7, 11) is 0. The van der Waals surface area contributed by atoms with Crippen molar-refractivity contribution in [3.05, 3.63) is 76.7 Å². The number of nitrogens with one attached hydrogen (secondary N) is 1. The van der Waals surface area contributed by atoms with Crippen LogP contribution in [0.15, 0.2) is 60.0 Å². The van der Waals surface area contributed by atoms with Crippen molar-refractivity contribution < 1.29 is 4.79 Å². The van der Waals surface area contributed by atoms with Crippen LogP contribution in [0.2, 0.25) is 0 Å². The van der Waals surface area contributed by atoms with Gasteiger partial charge in [-0.3, -0.25) is 4.79 Å². The highest BCUT2D eigenvalue weighted by Crippen LogP contribution is 2.32. The summed E-state index contributed by atoms with van der Waals surface area (Å²) < 4.78 is 0. The molecule has 4 rings (SSSR count). The van der Waals surface area contributed by atoms with Crippen molar-refractivity contribution >= 4 is 22.8 Å². The quantitative estimate of drug-likeness (QED) is 0.430. The Morgan fingerprint density at radius 2 is 1.86 bits per heavy atom. The second-order valence-electron chi connectivity index (χ2n) is 8.43. The topological polar surface area (TPSA) is 55.1 Å². The molecule has 0 unspecified atom stereocenters. The van der Waals surface area contributed by atoms with Crippen LogP contribution in [0, 0.1) is 5.41 Å². The number of benzene rings is 2. The Morgan fingerprint density at radius 1 is 1.10 bits per heavy atom. The zero-order valence-electron chi connectivity index (χ0n) is 16.9. The van der Waals surface area contributed by atoms with Crippen LogP contribution in [0.5, 0.6) is 0 Å². The lowest BCUT2D eigenvalue weighted by Crippen LogP contribution is -2.36. The maximum absolute atomic E-state index is 12.9. The summed E-state index contributed by atoms with van der Waals surface area (Å²) in [4.78, 5) is 14.1. The number of nitrogens with two attached hydrogens (primary N) is 1. The number of hydrogen-bond acceptors (Lipinski definition) is 4. The molecule has 0 amide bonds. The Labute approximate surface area is 177 Å². The number of piperidine rings is 1. The summed E-state index contributed by atoms with van der Waals surface area (Å²) in [6.45, 7) is 4.56. The van der Waals surface area contributed by atoms with Crippen LogP contribution in [0.4, 0.5) is 5.69 Å². The monoisotopic (exact) mass is 404 g/mol. The Balaban J connectivity index is 1.45. The molecular weight excluding hydrogens is 376 g/mol. The predicted octanol–water partition coefficient (Wildman–Crippen LogP) is 5.35. The van der Waals surface area contributed by atoms with Gasteiger partial charge in [0.1, 0.15) is 0 Å². The second-order valence-corrected chi connectivity index (χ2v) is 9.37. The highest BCUT2D eigenvalue weighted by molar-refractivity contribution is 7.13. The SMILES string of the molecule is CC1(Cc2ccc(C(=O)Cc3cc(-c4cccs4)ccc3N)cc2)CCNCC1. The fourth-order valence-electron chi connectivity index (χ4n) is 4.14. The largest absolute Gasteiger partial charge is 0.398 e. The molecule has 0 spiro atoms. The van der Waals surface area contributed by atoms with Crippen molar-refractivity contribution in [3.63, 3.8) is 0 Å². The molecule has 29 heavy (non-hydrogen) atoms. The average Bonchev–Trinajstić information content (AvgIpc) is 3.25. The van der Waals surface area contributed by atoms with E-state index in [0.29, 0.717) is 17.5 Å². The van der Waals surface area contributed by atoms with Crippen LogP contribution in [-0.4, -0.2) is 18.9 Å². The summed E-state index contributed by atoms with van der Waals surface area (Å²) in [5, 5.41) is 5.49. The molecule has 0 saturated carbocycles. The van der Waals surface area contributed by atoms with Crippen LogP contribution in [0.3, 0.4) is 0 Å². The molecule has 2 heterocycles. The molecule has 4 heteroatoms. The van der Waals surface area contributed by atoms with Gasteiger partial charge < -0.3 is 11.1 Å². The van der Waals surface area contributed by atoms with Gasteiger partial charge in [0.25, 0.3) is 0 Å². The first-order valence-electron chi connectivity index (χ1n) is 10.3. The Bertz CT molecular complexity index is 971. The van der Waals surface area contributed by atoms with Gasteiger partial charge in [-0.25, -0.2) is 0 Å². The predicted molar refractivity (Wildman–Crippen MR) is 123 cm³/mol. The van der Waals surface area contributed by atoms with Gasteiger partial charge in [-0.15, -0.1) is 11.3 Å². The van der Waals surface area contributed by atoms with E-state index in [1.165, 1.54) is 23.3 Å². The van der Waals surface area contributed by atoms with Gasteiger partial charge in [0.05, 0.1) is 0 Å². The number of ketones is 1. The highest BCUT2D eigenvalue weighted by Gasteiger charge is 2.26. The van der Waals surface area contributed by atoms with Gasteiger partial charge in [0.15, 0.2) is 5.78 Å². The molecule has 0 radical (unpaired) electrons. The Morgan fingerprint density at radius 3 is 2.55 bits per heavy atom. The zero-order chi connectivity index (χ0) is 20.3. The fraction of sp³-hybridized carbons (Fsp3) is 0.320. The molecule has 0 aliphatic carbocycles. The number of anilines is 1. The van der Waals surface area contributed by atoms with E-state index in [1.54, 1.807) is 11.3 Å². The van der Waals surface area contributed by atoms with Crippen LogP contribution < -0.4 is 11.1 Å². The van der Waals surface area contributed by atoms with Crippen LogP contribution in [0.1, 0.15) is 41.3 Å². The zero-order valence-corrected chi connectivity index (χ0v) is 17.7. The first-order valence-corrected chi connectivity index (χ1v) is 11.2. The van der Waals surface area contributed by atoms with Crippen molar-refractivity contribution in [1.29, 1.82) is 0 Å². The van der Waals surface area contributed by atoms with Gasteiger partial charge in [0, 0.05) is 22.5 Å². The molecule has 0 atom stereocenters. The lowest BCUT2D eigenvalue weighted by Gasteiger charge is -2.34. The van der Waals surface area contributed by atoms with Gasteiger partial charge in [-0.1, -0.05) is 43.3 Å². The van der Waals surface area contributed by atoms with E-state index in [-0.39, 0.29) is 5.78 Å². The van der Waals surface area contributed by atoms with Crippen molar-refractivity contribution in [2.24, 2.45) is 5.41 Å². The van der Waals surface area contributed by atoms with E-state index in [4.69, 9.17) is 5.73 Å². The minimum absolute atomic E-state index is 0.111. The van der Waals surface area contributed by atoms with E-state index in [1.807, 2.05) is 36.4 Å². The Hall–Kier alpha value is -2.43. The first kappa shape index (κ1) is 19.9. The molecule has 1 aliphatic heterocycles. The number of rotatable bonds is 6. The number of carbonyl (C=O) groups is 1. The Kier molecular flexibility index (Phi) is 5.84. The summed E-state index contributed by atoms with van der Waals surface area (Å²) in [6.07, 6.45) is 3.80. The molecule has 1 saturated heterocycles. The third kappa shape index (κ3) is 4.77. The van der Waals surface area contributed by atoms with E-state index < -0.39 is 0 Å². The number of carbonyl (C=O) groups excluding carboxylic acids is 1. The maximum Gasteiger partial charge on any atom is 0.167 e. The fourth-order valence-corrected chi connectivity index (χ4v) is 4.86. The van der Waals surface area contributed by atoms with E-state index in [2.05, 4.69) is 35.8 Å². The summed E-state index contributed by atoms with van der Waals surface area (Å²) in [6, 6.07) is 18.3. The standard InChI is InChI=1S/C25H28N2OS/c1-25(10-12-27-13-11-25)17-18-4-6-19(7-5-18)23(28)16-21-15-20(8-9-22(21)26)24-3-2-14-29-24/h2-9,14-15,27H,10-13,16-17,26H2,1H3. The minimum atomic E-state index is 0.111. The average molecular weight is 405 g/mol. The normalized spacial score (nSPS) is 15.9. The maximum atomic E-state index is 12.9. The molecule has 3 N–H and O–H groups in total. The highest BCUT2D eigenvalue weighted by atomic mass is 32.1. The molecule has 150 valence electrons. The smallest absolute Gasteiger partial charge is 0.167 e. The van der Waals surface area contributed by atoms with Crippen molar-refractivity contribution in [2.45, 2.75) is 32.6 Å². The van der Waals surface area contributed by atoms with E-state index in [9.17, 15) is 4.79 Å². The molecule has 3 nitrogen and oxygen atoms in total. The molecule has 1 aromatic heterocycles. The van der Waals surface area contributed by atoms with Crippen LogP contribution in [0.25, 0.3) is 10.4 Å². The second kappa shape index (κ2) is 8.52. The molecular formula is C25H28N2OS. The third-order valence-electron chi connectivity index (χ3n) is 6.02. The summed E-state index contributed by atoms with van der Waals surface area (Å²) in [5.74, 6) is 0.111. The van der Waals surface area contributed by atoms with Crippen LogP contribution >= 0.6 is 11.3 Å². The number of hydrogen-bond donors (Lipinski definition) is 2. The van der Waals surface area contributed by atoms with Crippen molar-refractivity contribution in [2.75, 3.05) is 18.8 Å². The molecule has 3 aromatic rings. The lowest BCUT2D eigenvalue weighted by atomic mass is 9.76. The number of Topliss-reactive ketones (excluding diaryl/α,β-unsaturated/α-hetero) is 1. The molecule has 0 bridgehead atoms. The van der Waals surface area contributed by atoms with Gasteiger partial charge >= 0.3 is 0 Å². The first-order chi connectivity index (χ1) is 14.0. The van der Waals surface area contributed by atoms with Crippen molar-refractivity contribution in [3.8, 4) is 10.4 Å². The van der Waals surface area contributed by atoms with Gasteiger partial charge in [-0.05, 0) is 78.0 Å². The lowest BCUT2D eigenvalue weighted by molar-refractivity contribution is 0.0993. The van der Waals surface area contributed by atoms with Gasteiger partial charge in [0.2, 0.25) is 0 Å². The summed E-state index contributed by atoms with van der Waals surface area (Å²) in [5.41, 5.74) is 11.3. The van der Waals surface area contributed by atoms with Crippen molar-refractivity contribution in [1.82, 2.24) is 5.32 Å². The van der Waals surface area contributed by atoms with E-state index in [0.717, 1.165) is 36.2 Å². The van der Waals surface area contributed by atoms with E-state index >= 15 is 0 Å². The minimum Gasteiger partial charge on any atom is -0.398 e. The molecule has 1 fully saturated rings. The third-order valence-corrected chi connectivity index (χ3v) is 6.94.